The Hall–Kier alpha value is -1.05. The van der Waals surface area contributed by atoms with Gasteiger partial charge in [-0.15, -0.1) is 0 Å². The minimum absolute atomic E-state index is 0.263. The molecule has 0 spiro atoms. The fourth-order valence-electron chi connectivity index (χ4n) is 3.37. The zero-order valence-electron chi connectivity index (χ0n) is 11.6. The van der Waals surface area contributed by atoms with Crippen molar-refractivity contribution < 1.29 is 0 Å². The summed E-state index contributed by atoms with van der Waals surface area (Å²) >= 11 is 3.48. The van der Waals surface area contributed by atoms with Crippen molar-refractivity contribution in [1.82, 2.24) is 4.90 Å². The molecule has 3 rings (SSSR count). The first-order chi connectivity index (χ1) is 9.76. The molecule has 1 atom stereocenters. The molecule has 0 bridgehead atoms. The maximum Gasteiger partial charge on any atom is 0.0669 e. The third kappa shape index (κ3) is 2.99. The van der Waals surface area contributed by atoms with Gasteiger partial charge in [0.05, 0.1) is 12.0 Å². The molecular formula is C16H20BrN3. The highest BCUT2D eigenvalue weighted by atomic mass is 79.9. The lowest BCUT2D eigenvalue weighted by atomic mass is 10.0. The number of hydrogen-bond donors (Lipinski definition) is 0. The van der Waals surface area contributed by atoms with Gasteiger partial charge in [0.25, 0.3) is 0 Å². The summed E-state index contributed by atoms with van der Waals surface area (Å²) < 4.78 is 1.13. The van der Waals surface area contributed by atoms with Gasteiger partial charge in [-0.2, -0.15) is 5.26 Å². The summed E-state index contributed by atoms with van der Waals surface area (Å²) in [6, 6.07) is 11.7. The first-order valence-electron chi connectivity index (χ1n) is 7.40. The number of nitrogens with zero attached hydrogens (tertiary/aromatic N) is 3. The molecule has 106 valence electrons. The minimum Gasteiger partial charge on any atom is -0.371 e. The van der Waals surface area contributed by atoms with Crippen LogP contribution in [0.4, 0.5) is 5.69 Å². The van der Waals surface area contributed by atoms with E-state index in [-0.39, 0.29) is 5.92 Å². The van der Waals surface area contributed by atoms with Gasteiger partial charge >= 0.3 is 0 Å². The highest BCUT2D eigenvalue weighted by Crippen LogP contribution is 2.27. The zero-order valence-corrected chi connectivity index (χ0v) is 13.2. The van der Waals surface area contributed by atoms with Crippen LogP contribution in [-0.2, 0) is 0 Å². The molecule has 0 saturated carbocycles. The van der Waals surface area contributed by atoms with Crippen molar-refractivity contribution >= 4 is 21.6 Å². The van der Waals surface area contributed by atoms with Gasteiger partial charge < -0.3 is 4.90 Å². The number of nitriles is 1. The van der Waals surface area contributed by atoms with E-state index in [1.54, 1.807) is 0 Å². The van der Waals surface area contributed by atoms with Crippen molar-refractivity contribution in [2.75, 3.05) is 31.1 Å². The number of rotatable bonds is 2. The summed E-state index contributed by atoms with van der Waals surface area (Å²) in [6.45, 7) is 4.35. The van der Waals surface area contributed by atoms with Crippen LogP contribution in [0.3, 0.4) is 0 Å². The molecule has 0 aliphatic carbocycles. The Balaban J connectivity index is 1.55. The van der Waals surface area contributed by atoms with Crippen LogP contribution < -0.4 is 4.90 Å². The van der Waals surface area contributed by atoms with E-state index in [0.717, 1.165) is 37.1 Å². The second-order valence-electron chi connectivity index (χ2n) is 5.80. The van der Waals surface area contributed by atoms with Crippen molar-refractivity contribution in [3.63, 3.8) is 0 Å². The number of halogens is 1. The van der Waals surface area contributed by atoms with Crippen molar-refractivity contribution in [2.45, 2.75) is 25.3 Å². The van der Waals surface area contributed by atoms with Crippen LogP contribution in [0, 0.1) is 17.2 Å². The number of benzene rings is 1. The van der Waals surface area contributed by atoms with Gasteiger partial charge in [-0.1, -0.05) is 15.9 Å². The van der Waals surface area contributed by atoms with Gasteiger partial charge in [0, 0.05) is 35.8 Å². The van der Waals surface area contributed by atoms with Crippen LogP contribution in [0.25, 0.3) is 0 Å². The lowest BCUT2D eigenvalue weighted by molar-refractivity contribution is 0.204. The Morgan fingerprint density at radius 1 is 1.05 bits per heavy atom. The molecular weight excluding hydrogens is 314 g/mol. The quantitative estimate of drug-likeness (QED) is 0.832. The van der Waals surface area contributed by atoms with Gasteiger partial charge in [0.15, 0.2) is 0 Å². The number of likely N-dealkylation sites (tertiary alicyclic amines) is 1. The molecule has 2 saturated heterocycles. The fourth-order valence-corrected chi connectivity index (χ4v) is 3.63. The highest BCUT2D eigenvalue weighted by Gasteiger charge is 2.30. The van der Waals surface area contributed by atoms with Gasteiger partial charge in [0.1, 0.15) is 0 Å². The average molecular weight is 334 g/mol. The maximum atomic E-state index is 9.01. The molecule has 1 aromatic carbocycles. The predicted molar refractivity (Wildman–Crippen MR) is 84.7 cm³/mol. The van der Waals surface area contributed by atoms with Crippen LogP contribution in [0.15, 0.2) is 28.7 Å². The van der Waals surface area contributed by atoms with Gasteiger partial charge in [-0.05, 0) is 50.1 Å². The zero-order chi connectivity index (χ0) is 13.9. The summed E-state index contributed by atoms with van der Waals surface area (Å²) in [5.74, 6) is 0.263. The molecule has 0 amide bonds. The van der Waals surface area contributed by atoms with E-state index in [4.69, 9.17) is 5.26 Å². The largest absolute Gasteiger partial charge is 0.371 e. The molecule has 0 aromatic heterocycles. The predicted octanol–water partition coefficient (Wildman–Crippen LogP) is 3.26. The molecule has 2 heterocycles. The smallest absolute Gasteiger partial charge is 0.0669 e. The van der Waals surface area contributed by atoms with Crippen LogP contribution in [0.2, 0.25) is 0 Å². The number of hydrogen-bond acceptors (Lipinski definition) is 3. The first kappa shape index (κ1) is 13.9. The first-order valence-corrected chi connectivity index (χ1v) is 8.20. The average Bonchev–Trinajstić information content (AvgIpc) is 2.97. The molecule has 0 radical (unpaired) electrons. The highest BCUT2D eigenvalue weighted by molar-refractivity contribution is 9.10. The van der Waals surface area contributed by atoms with E-state index in [1.165, 1.54) is 18.5 Å². The second-order valence-corrected chi connectivity index (χ2v) is 6.72. The number of anilines is 1. The molecule has 2 aliphatic heterocycles. The summed E-state index contributed by atoms with van der Waals surface area (Å²) in [6.07, 6.45) is 3.49. The molecule has 2 fully saturated rings. The lowest BCUT2D eigenvalue weighted by Crippen LogP contribution is -2.44. The molecule has 2 aliphatic rings. The van der Waals surface area contributed by atoms with Gasteiger partial charge in [-0.3, -0.25) is 4.90 Å². The Kier molecular flexibility index (Phi) is 4.28. The fraction of sp³-hybridized carbons (Fsp3) is 0.562. The van der Waals surface area contributed by atoms with Crippen molar-refractivity contribution in [1.29, 1.82) is 5.26 Å². The number of piperidine rings is 1. The lowest BCUT2D eigenvalue weighted by Gasteiger charge is -2.37. The topological polar surface area (TPSA) is 30.3 Å². The molecule has 20 heavy (non-hydrogen) atoms. The molecule has 3 nitrogen and oxygen atoms in total. The monoisotopic (exact) mass is 333 g/mol. The van der Waals surface area contributed by atoms with Gasteiger partial charge in [0.2, 0.25) is 0 Å². The van der Waals surface area contributed by atoms with E-state index in [9.17, 15) is 0 Å². The SMILES string of the molecule is N#CC1CCN(C2CCN(c3ccc(Br)cc3)CC2)C1. The summed E-state index contributed by atoms with van der Waals surface area (Å²) in [4.78, 5) is 5.01. The van der Waals surface area contributed by atoms with Crippen LogP contribution in [-0.4, -0.2) is 37.1 Å². The molecule has 0 N–H and O–H groups in total. The Bertz CT molecular complexity index is 485. The molecule has 1 aromatic rings. The van der Waals surface area contributed by atoms with E-state index >= 15 is 0 Å². The van der Waals surface area contributed by atoms with E-state index < -0.39 is 0 Å². The summed E-state index contributed by atoms with van der Waals surface area (Å²) in [7, 11) is 0. The van der Waals surface area contributed by atoms with Crippen molar-refractivity contribution in [2.24, 2.45) is 5.92 Å². The standard InChI is InChI=1S/C16H20BrN3/c17-14-1-3-15(4-2-14)19-9-6-16(7-10-19)20-8-5-13(11-18)12-20/h1-4,13,16H,5-10,12H2. The van der Waals surface area contributed by atoms with Crippen LogP contribution in [0.1, 0.15) is 19.3 Å². The molecule has 4 heteroatoms. The maximum absolute atomic E-state index is 9.01. The second kappa shape index (κ2) is 6.15. The third-order valence-electron chi connectivity index (χ3n) is 4.57. The third-order valence-corrected chi connectivity index (χ3v) is 5.10. The Morgan fingerprint density at radius 3 is 2.35 bits per heavy atom. The van der Waals surface area contributed by atoms with Crippen molar-refractivity contribution in [3.8, 4) is 6.07 Å². The van der Waals surface area contributed by atoms with Gasteiger partial charge in [-0.25, -0.2) is 0 Å². The Labute approximate surface area is 129 Å². The van der Waals surface area contributed by atoms with Crippen LogP contribution >= 0.6 is 15.9 Å². The van der Waals surface area contributed by atoms with E-state index in [1.807, 2.05) is 0 Å². The Morgan fingerprint density at radius 2 is 1.75 bits per heavy atom. The minimum atomic E-state index is 0.263. The van der Waals surface area contributed by atoms with Crippen molar-refractivity contribution in [3.05, 3.63) is 28.7 Å². The van der Waals surface area contributed by atoms with E-state index in [2.05, 4.69) is 56.1 Å². The molecule has 1 unspecified atom stereocenters. The summed E-state index contributed by atoms with van der Waals surface area (Å²) in [5, 5.41) is 9.01. The summed E-state index contributed by atoms with van der Waals surface area (Å²) in [5.41, 5.74) is 1.32. The van der Waals surface area contributed by atoms with E-state index in [0.29, 0.717) is 6.04 Å². The van der Waals surface area contributed by atoms with Crippen LogP contribution in [0.5, 0.6) is 0 Å². The normalized spacial score (nSPS) is 24.8.